The quantitative estimate of drug-likeness (QED) is 0.827. The summed E-state index contributed by atoms with van der Waals surface area (Å²) in [4.78, 5) is 15.8. The molecule has 0 aromatic heterocycles. The summed E-state index contributed by atoms with van der Waals surface area (Å²) >= 11 is 0. The highest BCUT2D eigenvalue weighted by molar-refractivity contribution is 5.89. The number of carbonyl (C=O) groups is 1. The van der Waals surface area contributed by atoms with E-state index in [1.165, 1.54) is 6.07 Å². The first-order chi connectivity index (χ1) is 8.56. The van der Waals surface area contributed by atoms with Crippen LogP contribution >= 0.6 is 0 Å². The number of nitrogens with zero attached hydrogens (tertiary/aromatic N) is 2. The lowest BCUT2D eigenvalue weighted by molar-refractivity contribution is 0.164. The van der Waals surface area contributed by atoms with E-state index in [1.807, 2.05) is 14.0 Å². The van der Waals surface area contributed by atoms with Gasteiger partial charge in [-0.3, -0.25) is 0 Å². The van der Waals surface area contributed by atoms with Gasteiger partial charge in [-0.25, -0.2) is 9.18 Å². The molecule has 1 aliphatic heterocycles. The fraction of sp³-hybridized carbons (Fsp3) is 0.462. The summed E-state index contributed by atoms with van der Waals surface area (Å²) in [6.45, 7) is 4.92. The second kappa shape index (κ2) is 5.35. The fourth-order valence-corrected chi connectivity index (χ4v) is 1.94. The Labute approximate surface area is 106 Å². The minimum atomic E-state index is -0.400. The third-order valence-electron chi connectivity index (χ3n) is 3.15. The van der Waals surface area contributed by atoms with E-state index in [9.17, 15) is 9.18 Å². The lowest BCUT2D eigenvalue weighted by Crippen LogP contribution is -2.48. The maximum absolute atomic E-state index is 13.5. The molecule has 1 aromatic carbocycles. The smallest absolute Gasteiger partial charge is 0.322 e. The number of carbonyl (C=O) groups excluding carboxylic acids is 1. The monoisotopic (exact) mass is 251 g/mol. The van der Waals surface area contributed by atoms with Gasteiger partial charge < -0.3 is 15.1 Å². The first-order valence-corrected chi connectivity index (χ1v) is 6.07. The summed E-state index contributed by atoms with van der Waals surface area (Å²) in [6, 6.07) is 4.46. The molecule has 1 aromatic rings. The predicted molar refractivity (Wildman–Crippen MR) is 69.2 cm³/mol. The van der Waals surface area contributed by atoms with E-state index >= 15 is 0 Å². The van der Waals surface area contributed by atoms with Crippen LogP contribution in [0.3, 0.4) is 0 Å². The van der Waals surface area contributed by atoms with Crippen LogP contribution in [0.4, 0.5) is 14.9 Å². The van der Waals surface area contributed by atoms with Crippen LogP contribution in [0.15, 0.2) is 18.2 Å². The number of urea groups is 1. The van der Waals surface area contributed by atoms with E-state index in [0.29, 0.717) is 13.1 Å². The van der Waals surface area contributed by atoms with Gasteiger partial charge in [0.2, 0.25) is 0 Å². The second-order valence-electron chi connectivity index (χ2n) is 4.70. The minimum Gasteiger partial charge on any atom is -0.322 e. The Hall–Kier alpha value is -1.62. The Morgan fingerprint density at radius 3 is 2.61 bits per heavy atom. The number of aryl methyl sites for hydroxylation is 1. The zero-order chi connectivity index (χ0) is 13.1. The Morgan fingerprint density at radius 2 is 1.94 bits per heavy atom. The molecule has 98 valence electrons. The standard InChI is InChI=1S/C13H18FN3O/c1-10-3-4-11(14)12(9-10)15-13(18)17-7-5-16(2)6-8-17/h3-4,9H,5-8H2,1-2H3,(H,15,18). The fourth-order valence-electron chi connectivity index (χ4n) is 1.94. The number of hydrogen-bond donors (Lipinski definition) is 1. The average molecular weight is 251 g/mol. The van der Waals surface area contributed by atoms with E-state index in [-0.39, 0.29) is 11.7 Å². The minimum absolute atomic E-state index is 0.229. The molecule has 0 saturated carbocycles. The summed E-state index contributed by atoms with van der Waals surface area (Å²) in [7, 11) is 2.02. The molecule has 1 fully saturated rings. The number of benzene rings is 1. The second-order valence-corrected chi connectivity index (χ2v) is 4.70. The maximum Gasteiger partial charge on any atom is 0.322 e. The highest BCUT2D eigenvalue weighted by Gasteiger charge is 2.19. The van der Waals surface area contributed by atoms with E-state index in [2.05, 4.69) is 10.2 Å². The molecule has 4 nitrogen and oxygen atoms in total. The zero-order valence-electron chi connectivity index (χ0n) is 10.7. The molecule has 5 heteroatoms. The van der Waals surface area contributed by atoms with Gasteiger partial charge in [-0.05, 0) is 31.7 Å². The highest BCUT2D eigenvalue weighted by atomic mass is 19.1. The third-order valence-corrected chi connectivity index (χ3v) is 3.15. The lowest BCUT2D eigenvalue weighted by atomic mass is 10.2. The summed E-state index contributed by atoms with van der Waals surface area (Å²) in [5.41, 5.74) is 1.17. The summed E-state index contributed by atoms with van der Waals surface area (Å²) in [6.07, 6.45) is 0. The van der Waals surface area contributed by atoms with Gasteiger partial charge in [-0.1, -0.05) is 6.07 Å². The van der Waals surface area contributed by atoms with Crippen LogP contribution in [-0.4, -0.2) is 49.1 Å². The van der Waals surface area contributed by atoms with Crippen molar-refractivity contribution in [3.8, 4) is 0 Å². The molecule has 1 heterocycles. The Morgan fingerprint density at radius 1 is 1.28 bits per heavy atom. The van der Waals surface area contributed by atoms with Gasteiger partial charge in [0.15, 0.2) is 0 Å². The molecule has 0 spiro atoms. The summed E-state index contributed by atoms with van der Waals surface area (Å²) in [5.74, 6) is -0.400. The molecule has 0 atom stereocenters. The molecule has 1 saturated heterocycles. The number of nitrogens with one attached hydrogen (secondary N) is 1. The van der Waals surface area contributed by atoms with Crippen molar-refractivity contribution in [2.75, 3.05) is 38.5 Å². The summed E-state index contributed by atoms with van der Waals surface area (Å²) < 4.78 is 13.5. The number of amides is 2. The van der Waals surface area contributed by atoms with Gasteiger partial charge in [0.1, 0.15) is 5.82 Å². The average Bonchev–Trinajstić information content (AvgIpc) is 2.34. The van der Waals surface area contributed by atoms with Gasteiger partial charge in [-0.2, -0.15) is 0 Å². The number of piperazine rings is 1. The number of rotatable bonds is 1. The van der Waals surface area contributed by atoms with E-state index in [0.717, 1.165) is 18.7 Å². The van der Waals surface area contributed by atoms with Crippen LogP contribution in [0.1, 0.15) is 5.56 Å². The SMILES string of the molecule is Cc1ccc(F)c(NC(=O)N2CCN(C)CC2)c1. The molecule has 0 unspecified atom stereocenters. The first-order valence-electron chi connectivity index (χ1n) is 6.07. The van der Waals surface area contributed by atoms with Crippen LogP contribution in [0.5, 0.6) is 0 Å². The van der Waals surface area contributed by atoms with Gasteiger partial charge in [0.05, 0.1) is 5.69 Å². The van der Waals surface area contributed by atoms with Crippen LogP contribution in [0, 0.1) is 12.7 Å². The number of halogens is 1. The van der Waals surface area contributed by atoms with Crippen molar-refractivity contribution < 1.29 is 9.18 Å². The normalized spacial score (nSPS) is 16.7. The van der Waals surface area contributed by atoms with E-state index in [4.69, 9.17) is 0 Å². The Balaban J connectivity index is 2.00. The number of anilines is 1. The third kappa shape index (κ3) is 2.98. The molecule has 0 radical (unpaired) electrons. The highest BCUT2D eigenvalue weighted by Crippen LogP contribution is 2.16. The van der Waals surface area contributed by atoms with Gasteiger partial charge in [0.25, 0.3) is 0 Å². The predicted octanol–water partition coefficient (Wildman–Crippen LogP) is 1.91. The molecule has 2 rings (SSSR count). The van der Waals surface area contributed by atoms with Crippen molar-refractivity contribution in [3.05, 3.63) is 29.6 Å². The number of hydrogen-bond acceptors (Lipinski definition) is 2. The van der Waals surface area contributed by atoms with Crippen molar-refractivity contribution in [1.82, 2.24) is 9.80 Å². The molecule has 1 aliphatic rings. The van der Waals surface area contributed by atoms with Crippen LogP contribution < -0.4 is 5.32 Å². The van der Waals surface area contributed by atoms with Crippen LogP contribution in [0.2, 0.25) is 0 Å². The van der Waals surface area contributed by atoms with E-state index in [1.54, 1.807) is 17.0 Å². The molecule has 0 aliphatic carbocycles. The van der Waals surface area contributed by atoms with Gasteiger partial charge >= 0.3 is 6.03 Å². The molecular formula is C13H18FN3O. The molecular weight excluding hydrogens is 233 g/mol. The molecule has 0 bridgehead atoms. The summed E-state index contributed by atoms with van der Waals surface area (Å²) in [5, 5.41) is 2.63. The Bertz CT molecular complexity index is 442. The topological polar surface area (TPSA) is 35.6 Å². The molecule has 18 heavy (non-hydrogen) atoms. The van der Waals surface area contributed by atoms with Crippen molar-refractivity contribution >= 4 is 11.7 Å². The van der Waals surface area contributed by atoms with E-state index < -0.39 is 5.82 Å². The van der Waals surface area contributed by atoms with Crippen molar-refractivity contribution in [1.29, 1.82) is 0 Å². The van der Waals surface area contributed by atoms with Gasteiger partial charge in [-0.15, -0.1) is 0 Å². The van der Waals surface area contributed by atoms with Crippen LogP contribution in [-0.2, 0) is 0 Å². The van der Waals surface area contributed by atoms with Crippen LogP contribution in [0.25, 0.3) is 0 Å². The zero-order valence-corrected chi connectivity index (χ0v) is 10.7. The molecule has 1 N–H and O–H groups in total. The number of likely N-dealkylation sites (N-methyl/N-ethyl adjacent to an activating group) is 1. The first kappa shape index (κ1) is 12.8. The Kier molecular flexibility index (Phi) is 3.81. The largest absolute Gasteiger partial charge is 0.322 e. The van der Waals surface area contributed by atoms with Gasteiger partial charge in [0, 0.05) is 26.2 Å². The molecule has 2 amide bonds. The lowest BCUT2D eigenvalue weighted by Gasteiger charge is -2.32. The maximum atomic E-state index is 13.5. The van der Waals surface area contributed by atoms with Crippen molar-refractivity contribution in [2.24, 2.45) is 0 Å². The van der Waals surface area contributed by atoms with Crippen molar-refractivity contribution in [3.63, 3.8) is 0 Å². The van der Waals surface area contributed by atoms with Crippen molar-refractivity contribution in [2.45, 2.75) is 6.92 Å².